The van der Waals surface area contributed by atoms with Gasteiger partial charge in [-0.1, -0.05) is 18.2 Å². The average Bonchev–Trinajstić information content (AvgIpc) is 3.06. The van der Waals surface area contributed by atoms with Gasteiger partial charge in [0.1, 0.15) is 0 Å². The van der Waals surface area contributed by atoms with Gasteiger partial charge >= 0.3 is 0 Å². The highest BCUT2D eigenvalue weighted by Gasteiger charge is 2.29. The first-order valence-corrected chi connectivity index (χ1v) is 8.09. The Bertz CT molecular complexity index is 386. The molecule has 1 aromatic carbocycles. The molecule has 0 aromatic heterocycles. The van der Waals surface area contributed by atoms with E-state index in [2.05, 4.69) is 54.8 Å². The van der Waals surface area contributed by atoms with Crippen molar-refractivity contribution in [2.24, 2.45) is 5.92 Å². The maximum absolute atomic E-state index is 2.70. The minimum Gasteiger partial charge on any atom is -0.300 e. The zero-order chi connectivity index (χ0) is 12.5. The van der Waals surface area contributed by atoms with E-state index in [1.165, 1.54) is 37.2 Å². The Morgan fingerprint density at radius 2 is 2.00 bits per heavy atom. The van der Waals surface area contributed by atoms with Crippen molar-refractivity contribution in [2.45, 2.75) is 49.3 Å². The van der Waals surface area contributed by atoms with E-state index >= 15 is 0 Å². The molecular formula is C16H23NS. The molecule has 0 amide bonds. The van der Waals surface area contributed by atoms with Gasteiger partial charge in [-0.2, -0.15) is 0 Å². The van der Waals surface area contributed by atoms with Crippen LogP contribution in [0.5, 0.6) is 0 Å². The smallest absolute Gasteiger partial charge is 0.0263 e. The number of nitrogens with zero attached hydrogens (tertiary/aromatic N) is 1. The van der Waals surface area contributed by atoms with Gasteiger partial charge in [-0.3, -0.25) is 4.90 Å². The van der Waals surface area contributed by atoms with Crippen LogP contribution in [0.1, 0.15) is 32.3 Å². The Morgan fingerprint density at radius 3 is 2.67 bits per heavy atom. The van der Waals surface area contributed by atoms with Crippen LogP contribution >= 0.6 is 11.8 Å². The third kappa shape index (κ3) is 2.92. The van der Waals surface area contributed by atoms with Gasteiger partial charge < -0.3 is 0 Å². The molecule has 98 valence electrons. The SMILES string of the molecule is CC(C)N(CC1CC1)CC1Cc2ccccc2S1. The minimum absolute atomic E-state index is 0.690. The maximum atomic E-state index is 2.70. The van der Waals surface area contributed by atoms with Crippen molar-refractivity contribution in [1.82, 2.24) is 4.90 Å². The summed E-state index contributed by atoms with van der Waals surface area (Å²) >= 11 is 2.09. The first-order valence-electron chi connectivity index (χ1n) is 7.21. The molecule has 1 atom stereocenters. The van der Waals surface area contributed by atoms with E-state index in [0.29, 0.717) is 6.04 Å². The first kappa shape index (κ1) is 12.6. The zero-order valence-electron chi connectivity index (χ0n) is 11.4. The van der Waals surface area contributed by atoms with Gasteiger partial charge in [0.2, 0.25) is 0 Å². The molecule has 0 N–H and O–H groups in total. The predicted octanol–water partition coefficient (Wildman–Crippen LogP) is 3.82. The van der Waals surface area contributed by atoms with E-state index in [0.717, 1.165) is 11.2 Å². The molecule has 1 fully saturated rings. The number of fused-ring (bicyclic) bond motifs is 1. The summed E-state index contributed by atoms with van der Waals surface area (Å²) in [6.45, 7) is 7.27. The number of hydrogen-bond acceptors (Lipinski definition) is 2. The Morgan fingerprint density at radius 1 is 1.22 bits per heavy atom. The molecule has 2 aliphatic rings. The zero-order valence-corrected chi connectivity index (χ0v) is 12.2. The molecule has 1 nitrogen and oxygen atoms in total. The molecule has 2 heteroatoms. The molecule has 1 saturated carbocycles. The number of benzene rings is 1. The fraction of sp³-hybridized carbons (Fsp3) is 0.625. The molecule has 0 saturated heterocycles. The van der Waals surface area contributed by atoms with Gasteiger partial charge in [-0.05, 0) is 50.7 Å². The van der Waals surface area contributed by atoms with Crippen LogP contribution in [-0.2, 0) is 6.42 Å². The number of hydrogen-bond donors (Lipinski definition) is 0. The third-order valence-corrected chi connectivity index (χ3v) is 5.37. The van der Waals surface area contributed by atoms with Gasteiger partial charge in [0.25, 0.3) is 0 Å². The van der Waals surface area contributed by atoms with Crippen molar-refractivity contribution in [3.63, 3.8) is 0 Å². The summed E-state index contributed by atoms with van der Waals surface area (Å²) < 4.78 is 0. The van der Waals surface area contributed by atoms with E-state index in [1.807, 2.05) is 0 Å². The van der Waals surface area contributed by atoms with E-state index in [1.54, 1.807) is 5.56 Å². The Kier molecular flexibility index (Phi) is 3.67. The standard InChI is InChI=1S/C16H23NS/c1-12(2)17(10-13-7-8-13)11-15-9-14-5-3-4-6-16(14)18-15/h3-6,12-13,15H,7-11H2,1-2H3. The predicted molar refractivity (Wildman–Crippen MR) is 79.2 cm³/mol. The lowest BCUT2D eigenvalue weighted by Gasteiger charge is -2.28. The largest absolute Gasteiger partial charge is 0.300 e. The summed E-state index contributed by atoms with van der Waals surface area (Å²) in [6, 6.07) is 9.60. The van der Waals surface area contributed by atoms with Crippen LogP contribution in [0.25, 0.3) is 0 Å². The van der Waals surface area contributed by atoms with Gasteiger partial charge in [-0.15, -0.1) is 11.8 Å². The van der Waals surface area contributed by atoms with E-state index in [-0.39, 0.29) is 0 Å². The van der Waals surface area contributed by atoms with Crippen LogP contribution in [0.2, 0.25) is 0 Å². The summed E-state index contributed by atoms with van der Waals surface area (Å²) in [5.41, 5.74) is 1.56. The van der Waals surface area contributed by atoms with E-state index in [9.17, 15) is 0 Å². The maximum Gasteiger partial charge on any atom is 0.0263 e. The molecular weight excluding hydrogens is 238 g/mol. The van der Waals surface area contributed by atoms with Crippen molar-refractivity contribution in [1.29, 1.82) is 0 Å². The highest BCUT2D eigenvalue weighted by atomic mass is 32.2. The lowest BCUT2D eigenvalue weighted by atomic mass is 10.1. The minimum atomic E-state index is 0.690. The number of thioether (sulfide) groups is 1. The second kappa shape index (κ2) is 5.26. The molecule has 0 bridgehead atoms. The number of rotatable bonds is 5. The van der Waals surface area contributed by atoms with Crippen LogP contribution in [-0.4, -0.2) is 29.3 Å². The Balaban J connectivity index is 1.59. The molecule has 1 unspecified atom stereocenters. The molecule has 1 aromatic rings. The summed E-state index contributed by atoms with van der Waals surface area (Å²) in [5, 5.41) is 0.767. The highest BCUT2D eigenvalue weighted by Crippen LogP contribution is 2.38. The van der Waals surface area contributed by atoms with Gasteiger partial charge in [0.05, 0.1) is 0 Å². The van der Waals surface area contributed by atoms with Gasteiger partial charge in [0, 0.05) is 29.3 Å². The van der Waals surface area contributed by atoms with Crippen LogP contribution in [0.15, 0.2) is 29.2 Å². The van der Waals surface area contributed by atoms with E-state index in [4.69, 9.17) is 0 Å². The van der Waals surface area contributed by atoms with Crippen molar-refractivity contribution in [2.75, 3.05) is 13.1 Å². The molecule has 1 heterocycles. The highest BCUT2D eigenvalue weighted by molar-refractivity contribution is 8.00. The quantitative estimate of drug-likeness (QED) is 0.792. The van der Waals surface area contributed by atoms with Crippen molar-refractivity contribution in [3.8, 4) is 0 Å². The van der Waals surface area contributed by atoms with Crippen molar-refractivity contribution in [3.05, 3.63) is 29.8 Å². The second-order valence-corrected chi connectivity index (χ2v) is 7.38. The van der Waals surface area contributed by atoms with Crippen molar-refractivity contribution < 1.29 is 0 Å². The lowest BCUT2D eigenvalue weighted by molar-refractivity contribution is 0.213. The summed E-state index contributed by atoms with van der Waals surface area (Å²) in [6.07, 6.45) is 4.18. The molecule has 3 rings (SSSR count). The van der Waals surface area contributed by atoms with Crippen LogP contribution < -0.4 is 0 Å². The summed E-state index contributed by atoms with van der Waals surface area (Å²) in [5.74, 6) is 1.00. The monoisotopic (exact) mass is 261 g/mol. The average molecular weight is 261 g/mol. The fourth-order valence-corrected chi connectivity index (χ4v) is 4.09. The van der Waals surface area contributed by atoms with Crippen LogP contribution in [0, 0.1) is 5.92 Å². The summed E-state index contributed by atoms with van der Waals surface area (Å²) in [7, 11) is 0. The van der Waals surface area contributed by atoms with Gasteiger partial charge in [0.15, 0.2) is 0 Å². The molecule has 1 aliphatic heterocycles. The second-order valence-electron chi connectivity index (χ2n) is 6.04. The molecule has 0 spiro atoms. The Labute approximate surface area is 115 Å². The molecule has 1 aliphatic carbocycles. The summed E-state index contributed by atoms with van der Waals surface area (Å²) in [4.78, 5) is 4.21. The van der Waals surface area contributed by atoms with E-state index < -0.39 is 0 Å². The van der Waals surface area contributed by atoms with Crippen LogP contribution in [0.3, 0.4) is 0 Å². The molecule has 0 radical (unpaired) electrons. The van der Waals surface area contributed by atoms with Crippen LogP contribution in [0.4, 0.5) is 0 Å². The lowest BCUT2D eigenvalue weighted by Crippen LogP contribution is -2.37. The Hall–Kier alpha value is -0.470. The third-order valence-electron chi connectivity index (χ3n) is 4.07. The topological polar surface area (TPSA) is 3.24 Å². The normalized spacial score (nSPS) is 22.8. The van der Waals surface area contributed by atoms with Gasteiger partial charge in [-0.25, -0.2) is 0 Å². The fourth-order valence-electron chi connectivity index (χ4n) is 2.75. The first-order chi connectivity index (χ1) is 8.72. The van der Waals surface area contributed by atoms with Crippen molar-refractivity contribution >= 4 is 11.8 Å². The molecule has 18 heavy (non-hydrogen) atoms.